The number of morpholine rings is 1. The summed E-state index contributed by atoms with van der Waals surface area (Å²) in [7, 11) is 0. The minimum atomic E-state index is -0.229. The molecule has 2 aromatic carbocycles. The molecule has 1 amide bonds. The van der Waals surface area contributed by atoms with E-state index in [0.717, 1.165) is 24.3 Å². The molecule has 0 aliphatic carbocycles. The van der Waals surface area contributed by atoms with Gasteiger partial charge in [0.1, 0.15) is 5.76 Å². The lowest BCUT2D eigenvalue weighted by molar-refractivity contribution is -0.120. The minimum absolute atomic E-state index is 0.0286. The topological polar surface area (TPSA) is 76.7 Å². The van der Waals surface area contributed by atoms with Gasteiger partial charge in [-0.05, 0) is 35.9 Å². The number of carbonyl (C=O) groups excluding carboxylic acids is 1. The summed E-state index contributed by atoms with van der Waals surface area (Å²) in [6, 6.07) is 18.8. The number of aromatic nitrogens is 1. The number of nitrogens with zero attached hydrogens (tertiary/aromatic N) is 2. The Labute approximate surface area is 207 Å². The maximum Gasteiger partial charge on any atom is 0.224 e. The van der Waals surface area contributed by atoms with Gasteiger partial charge in [-0.3, -0.25) is 19.1 Å². The highest BCUT2D eigenvalue weighted by molar-refractivity contribution is 6.30. The van der Waals surface area contributed by atoms with Gasteiger partial charge >= 0.3 is 0 Å². The lowest BCUT2D eigenvalue weighted by Gasteiger charge is -2.25. The van der Waals surface area contributed by atoms with Gasteiger partial charge in [-0.15, -0.1) is 0 Å². The molecule has 0 bridgehead atoms. The van der Waals surface area contributed by atoms with Crippen molar-refractivity contribution in [3.63, 3.8) is 0 Å². The van der Waals surface area contributed by atoms with Crippen LogP contribution in [0.3, 0.4) is 0 Å². The van der Waals surface area contributed by atoms with Gasteiger partial charge in [-0.2, -0.15) is 0 Å². The van der Waals surface area contributed by atoms with Gasteiger partial charge < -0.3 is 14.5 Å². The van der Waals surface area contributed by atoms with E-state index in [0.29, 0.717) is 53.7 Å². The summed E-state index contributed by atoms with van der Waals surface area (Å²) >= 11 is 5.93. The molecular weight excluding hydrogens is 466 g/mol. The van der Waals surface area contributed by atoms with Gasteiger partial charge in [0.15, 0.2) is 5.43 Å². The van der Waals surface area contributed by atoms with E-state index in [2.05, 4.69) is 10.2 Å². The normalized spacial score (nSPS) is 14.3. The molecule has 5 rings (SSSR count). The molecule has 3 heterocycles. The van der Waals surface area contributed by atoms with Crippen LogP contribution < -0.4 is 10.7 Å². The van der Waals surface area contributed by atoms with Crippen LogP contribution in [0.15, 0.2) is 76.1 Å². The molecule has 35 heavy (non-hydrogen) atoms. The summed E-state index contributed by atoms with van der Waals surface area (Å²) in [5, 5.41) is 4.00. The Morgan fingerprint density at radius 2 is 1.77 bits per heavy atom. The Kier molecular flexibility index (Phi) is 6.99. The van der Waals surface area contributed by atoms with Crippen LogP contribution in [-0.4, -0.2) is 41.7 Å². The van der Waals surface area contributed by atoms with Crippen LogP contribution in [0.5, 0.6) is 0 Å². The van der Waals surface area contributed by atoms with Crippen molar-refractivity contribution in [2.24, 2.45) is 0 Å². The van der Waals surface area contributed by atoms with E-state index < -0.39 is 0 Å². The van der Waals surface area contributed by atoms with E-state index >= 15 is 0 Å². The number of hydrogen-bond donors (Lipinski definition) is 1. The fourth-order valence-corrected chi connectivity index (χ4v) is 4.35. The number of hydrogen-bond acceptors (Lipinski definition) is 5. The quantitative estimate of drug-likeness (QED) is 0.424. The van der Waals surface area contributed by atoms with Crippen molar-refractivity contribution in [3.8, 4) is 5.69 Å². The Hall–Kier alpha value is -3.39. The van der Waals surface area contributed by atoms with Gasteiger partial charge in [0.2, 0.25) is 11.6 Å². The zero-order valence-electron chi connectivity index (χ0n) is 19.2. The van der Waals surface area contributed by atoms with Crippen molar-refractivity contribution in [1.82, 2.24) is 14.8 Å². The second kappa shape index (κ2) is 10.5. The predicted octanol–water partition coefficient (Wildman–Crippen LogP) is 3.93. The third-order valence-corrected chi connectivity index (χ3v) is 6.33. The van der Waals surface area contributed by atoms with E-state index in [-0.39, 0.29) is 17.8 Å². The molecule has 1 fully saturated rings. The average Bonchev–Trinajstić information content (AvgIpc) is 3.30. The van der Waals surface area contributed by atoms with E-state index in [1.165, 1.54) is 0 Å². The Balaban J connectivity index is 1.43. The fourth-order valence-electron chi connectivity index (χ4n) is 4.22. The molecule has 7 nitrogen and oxygen atoms in total. The highest BCUT2D eigenvalue weighted by Crippen LogP contribution is 2.23. The average molecular weight is 492 g/mol. The SMILES string of the molecule is O=C(Cc1cn(-c2ccccc2)c2oc(CN3CCOCC3)cc2c1=O)NCc1ccc(Cl)cc1. The number of halogens is 1. The van der Waals surface area contributed by atoms with Crippen molar-refractivity contribution in [2.75, 3.05) is 26.3 Å². The minimum Gasteiger partial charge on any atom is -0.443 e. The first-order valence-electron chi connectivity index (χ1n) is 11.6. The molecule has 0 spiro atoms. The number of para-hydroxylation sites is 1. The van der Waals surface area contributed by atoms with Gasteiger partial charge in [0, 0.05) is 42.1 Å². The fraction of sp³-hybridized carbons (Fsp3) is 0.259. The maximum atomic E-state index is 13.4. The van der Waals surface area contributed by atoms with E-state index in [9.17, 15) is 9.59 Å². The first-order chi connectivity index (χ1) is 17.1. The highest BCUT2D eigenvalue weighted by Gasteiger charge is 2.19. The summed E-state index contributed by atoms with van der Waals surface area (Å²) in [4.78, 5) is 28.3. The smallest absolute Gasteiger partial charge is 0.224 e. The summed E-state index contributed by atoms with van der Waals surface area (Å²) < 4.78 is 13.5. The van der Waals surface area contributed by atoms with Crippen molar-refractivity contribution < 1.29 is 13.9 Å². The number of carbonyl (C=O) groups is 1. The van der Waals surface area contributed by atoms with Crippen LogP contribution in [0.1, 0.15) is 16.9 Å². The number of benzene rings is 2. The van der Waals surface area contributed by atoms with Crippen LogP contribution in [0.4, 0.5) is 0 Å². The van der Waals surface area contributed by atoms with Crippen LogP contribution in [0, 0.1) is 0 Å². The molecule has 1 N–H and O–H groups in total. The highest BCUT2D eigenvalue weighted by atomic mass is 35.5. The molecule has 8 heteroatoms. The number of amides is 1. The van der Waals surface area contributed by atoms with Crippen LogP contribution in [-0.2, 0) is 29.0 Å². The van der Waals surface area contributed by atoms with Gasteiger partial charge in [-0.1, -0.05) is 41.9 Å². The molecule has 4 aromatic rings. The number of fused-ring (bicyclic) bond motifs is 1. The molecule has 1 aliphatic heterocycles. The molecule has 1 aliphatic rings. The number of ether oxygens (including phenoxy) is 1. The van der Waals surface area contributed by atoms with Crippen LogP contribution in [0.2, 0.25) is 5.02 Å². The molecule has 180 valence electrons. The third kappa shape index (κ3) is 5.48. The van der Waals surface area contributed by atoms with Crippen LogP contribution in [0.25, 0.3) is 16.8 Å². The third-order valence-electron chi connectivity index (χ3n) is 6.07. The Morgan fingerprint density at radius 3 is 2.51 bits per heavy atom. The van der Waals surface area contributed by atoms with E-state index in [1.807, 2.05) is 53.1 Å². The molecular formula is C27H26ClN3O4. The van der Waals surface area contributed by atoms with Crippen molar-refractivity contribution >= 4 is 28.6 Å². The summed E-state index contributed by atoms with van der Waals surface area (Å²) in [5.41, 5.74) is 2.49. The summed E-state index contributed by atoms with van der Waals surface area (Å²) in [6.45, 7) is 3.97. The van der Waals surface area contributed by atoms with Crippen molar-refractivity contribution in [1.29, 1.82) is 0 Å². The first kappa shape index (κ1) is 23.4. The Morgan fingerprint density at radius 1 is 1.03 bits per heavy atom. The maximum absolute atomic E-state index is 13.4. The predicted molar refractivity (Wildman–Crippen MR) is 135 cm³/mol. The summed E-state index contributed by atoms with van der Waals surface area (Å²) in [6.07, 6.45) is 1.68. The second-order valence-corrected chi connectivity index (χ2v) is 9.03. The molecule has 0 unspecified atom stereocenters. The molecule has 2 aromatic heterocycles. The standard InChI is InChI=1S/C27H26ClN3O4/c28-21-8-6-19(7-9-21)16-29-25(32)14-20-17-31(22-4-2-1-3-5-22)27-24(26(20)33)15-23(35-27)18-30-10-12-34-13-11-30/h1-9,15,17H,10-14,16,18H2,(H,29,32). The number of rotatable bonds is 7. The van der Waals surface area contributed by atoms with Crippen LogP contribution >= 0.6 is 11.6 Å². The van der Waals surface area contributed by atoms with E-state index in [4.69, 9.17) is 20.8 Å². The lowest BCUT2D eigenvalue weighted by atomic mass is 10.1. The number of nitrogens with one attached hydrogen (secondary N) is 1. The van der Waals surface area contributed by atoms with Crippen molar-refractivity contribution in [2.45, 2.75) is 19.5 Å². The largest absolute Gasteiger partial charge is 0.443 e. The first-order valence-corrected chi connectivity index (χ1v) is 12.0. The molecule has 1 saturated heterocycles. The zero-order valence-corrected chi connectivity index (χ0v) is 20.0. The molecule has 0 atom stereocenters. The van der Waals surface area contributed by atoms with Crippen molar-refractivity contribution in [3.05, 3.63) is 99.0 Å². The molecule has 0 saturated carbocycles. The molecule has 0 radical (unpaired) electrons. The number of furan rings is 1. The van der Waals surface area contributed by atoms with Gasteiger partial charge in [-0.25, -0.2) is 0 Å². The monoisotopic (exact) mass is 491 g/mol. The zero-order chi connectivity index (χ0) is 24.2. The Bertz CT molecular complexity index is 1370. The van der Waals surface area contributed by atoms with E-state index in [1.54, 1.807) is 18.3 Å². The van der Waals surface area contributed by atoms with Gasteiger partial charge in [0.05, 0.1) is 31.6 Å². The number of pyridine rings is 1. The lowest BCUT2D eigenvalue weighted by Crippen LogP contribution is -2.35. The summed E-state index contributed by atoms with van der Waals surface area (Å²) in [5.74, 6) is 0.487. The second-order valence-electron chi connectivity index (χ2n) is 8.59. The van der Waals surface area contributed by atoms with Gasteiger partial charge in [0.25, 0.3) is 0 Å².